The summed E-state index contributed by atoms with van der Waals surface area (Å²) in [6.45, 7) is 0. The number of methoxy groups -OCH3 is 1. The van der Waals surface area contributed by atoms with Crippen LogP contribution in [0.15, 0.2) is 91.0 Å². The van der Waals surface area contributed by atoms with Crippen molar-refractivity contribution in [3.8, 4) is 22.6 Å². The van der Waals surface area contributed by atoms with Crippen LogP contribution in [0.4, 0.5) is 0 Å². The van der Waals surface area contributed by atoms with Crippen LogP contribution < -0.4 is 10.0 Å². The van der Waals surface area contributed by atoms with Crippen molar-refractivity contribution in [1.29, 1.82) is 0 Å². The Morgan fingerprint density at radius 1 is 0.742 bits per heavy atom. The molecule has 0 atom stereocenters. The number of hydrogen-bond donors (Lipinski definition) is 2. The minimum atomic E-state index is -4.26. The van der Waals surface area contributed by atoms with E-state index in [1.54, 1.807) is 19.2 Å². The van der Waals surface area contributed by atoms with Gasteiger partial charge in [-0.2, -0.15) is 0 Å². The number of rotatable bonds is 4. The van der Waals surface area contributed by atoms with E-state index in [0.29, 0.717) is 0 Å². The summed E-state index contributed by atoms with van der Waals surface area (Å²) >= 11 is 0. The second-order valence-electron chi connectivity index (χ2n) is 7.38. The summed E-state index contributed by atoms with van der Waals surface area (Å²) < 4.78 is 19.1. The second kappa shape index (κ2) is 7.40. The first-order chi connectivity index (χ1) is 15.0. The van der Waals surface area contributed by atoms with Gasteiger partial charge in [-0.05, 0) is 53.6 Å². The van der Waals surface area contributed by atoms with Crippen molar-refractivity contribution in [2.45, 2.75) is 0 Å². The Morgan fingerprint density at radius 3 is 2.23 bits per heavy atom. The zero-order valence-corrected chi connectivity index (χ0v) is 17.7. The third-order valence-electron chi connectivity index (χ3n) is 5.52. The number of hydrogen-bond acceptors (Lipinski definition) is 2. The molecule has 0 fully saturated rings. The van der Waals surface area contributed by atoms with Crippen molar-refractivity contribution >= 4 is 34.7 Å². The maximum Gasteiger partial charge on any atom is 0.356 e. The van der Waals surface area contributed by atoms with Gasteiger partial charge in [0, 0.05) is 22.5 Å². The van der Waals surface area contributed by atoms with E-state index in [9.17, 15) is 14.4 Å². The van der Waals surface area contributed by atoms with Crippen LogP contribution in [0, 0.1) is 0 Å². The fourth-order valence-electron chi connectivity index (χ4n) is 4.03. The van der Waals surface area contributed by atoms with Crippen molar-refractivity contribution in [2.24, 2.45) is 0 Å². The summed E-state index contributed by atoms with van der Waals surface area (Å²) in [5, 5.41) is 2.33. The molecule has 0 radical (unpaired) electrons. The van der Waals surface area contributed by atoms with Crippen LogP contribution in [0.2, 0.25) is 0 Å². The van der Waals surface area contributed by atoms with Crippen molar-refractivity contribution in [1.82, 2.24) is 4.57 Å². The fourth-order valence-corrected chi connectivity index (χ4v) is 4.57. The molecule has 31 heavy (non-hydrogen) atoms. The SMILES string of the molecule is COc1ccc2c3ccccc3n(-c3cccc(-c4ccc(P(=O)(O)O)cc4)c3)c2c1. The maximum absolute atomic E-state index is 11.5. The van der Waals surface area contributed by atoms with E-state index in [2.05, 4.69) is 34.9 Å². The topological polar surface area (TPSA) is 71.7 Å². The average molecular weight is 429 g/mol. The molecule has 0 spiro atoms. The number of para-hydroxylation sites is 1. The average Bonchev–Trinajstić information content (AvgIpc) is 3.12. The van der Waals surface area contributed by atoms with Crippen LogP contribution in [0.1, 0.15) is 0 Å². The minimum absolute atomic E-state index is 0.0156. The van der Waals surface area contributed by atoms with E-state index in [1.807, 2.05) is 36.4 Å². The van der Waals surface area contributed by atoms with Gasteiger partial charge in [0.05, 0.1) is 23.4 Å². The Morgan fingerprint density at radius 2 is 1.48 bits per heavy atom. The quantitative estimate of drug-likeness (QED) is 0.382. The summed E-state index contributed by atoms with van der Waals surface area (Å²) in [6.07, 6.45) is 0. The lowest BCUT2D eigenvalue weighted by molar-refractivity contribution is 0.387. The molecule has 1 aromatic heterocycles. The highest BCUT2D eigenvalue weighted by atomic mass is 31.2. The van der Waals surface area contributed by atoms with Crippen molar-refractivity contribution in [2.75, 3.05) is 7.11 Å². The molecule has 6 heteroatoms. The van der Waals surface area contributed by atoms with Gasteiger partial charge in [0.1, 0.15) is 5.75 Å². The number of ether oxygens (including phenoxy) is 1. The largest absolute Gasteiger partial charge is 0.497 e. The first-order valence-corrected chi connectivity index (χ1v) is 11.4. The van der Waals surface area contributed by atoms with Crippen molar-refractivity contribution < 1.29 is 19.1 Å². The highest BCUT2D eigenvalue weighted by Crippen LogP contribution is 2.36. The van der Waals surface area contributed by atoms with Gasteiger partial charge in [0.15, 0.2) is 0 Å². The molecule has 0 saturated heterocycles. The van der Waals surface area contributed by atoms with Crippen LogP contribution in [-0.4, -0.2) is 21.5 Å². The smallest absolute Gasteiger partial charge is 0.356 e. The third-order valence-corrected chi connectivity index (χ3v) is 6.49. The highest BCUT2D eigenvalue weighted by molar-refractivity contribution is 7.60. The van der Waals surface area contributed by atoms with E-state index in [-0.39, 0.29) is 5.30 Å². The molecule has 1 heterocycles. The second-order valence-corrected chi connectivity index (χ2v) is 8.98. The lowest BCUT2D eigenvalue weighted by atomic mass is 10.1. The number of benzene rings is 4. The number of nitrogens with zero attached hydrogens (tertiary/aromatic N) is 1. The van der Waals surface area contributed by atoms with Crippen molar-refractivity contribution in [3.63, 3.8) is 0 Å². The third kappa shape index (κ3) is 3.43. The first kappa shape index (κ1) is 19.6. The Kier molecular flexibility index (Phi) is 4.67. The van der Waals surface area contributed by atoms with Gasteiger partial charge >= 0.3 is 7.60 Å². The maximum atomic E-state index is 11.5. The predicted molar refractivity (Wildman–Crippen MR) is 124 cm³/mol. The molecule has 4 aromatic carbocycles. The van der Waals surface area contributed by atoms with E-state index in [0.717, 1.165) is 44.4 Å². The Hall–Kier alpha value is -3.37. The zero-order chi connectivity index (χ0) is 21.6. The van der Waals surface area contributed by atoms with E-state index in [4.69, 9.17) is 4.74 Å². The molecule has 0 aliphatic rings. The molecule has 0 bridgehead atoms. The normalized spacial score (nSPS) is 11.8. The van der Waals surface area contributed by atoms with E-state index in [1.165, 1.54) is 12.1 Å². The first-order valence-electron chi connectivity index (χ1n) is 9.80. The van der Waals surface area contributed by atoms with Gasteiger partial charge in [-0.1, -0.05) is 42.5 Å². The molecule has 5 nitrogen and oxygen atoms in total. The molecule has 0 unspecified atom stereocenters. The Labute approximate surface area is 179 Å². The molecule has 0 amide bonds. The molecule has 0 aliphatic carbocycles. The van der Waals surface area contributed by atoms with Gasteiger partial charge in [-0.3, -0.25) is 4.57 Å². The van der Waals surface area contributed by atoms with Gasteiger partial charge in [0.25, 0.3) is 0 Å². The Bertz CT molecular complexity index is 1460. The van der Waals surface area contributed by atoms with E-state index >= 15 is 0 Å². The Balaban J connectivity index is 1.70. The molecule has 0 saturated carbocycles. The standard InChI is InChI=1S/C25H20NO4P/c1-30-20-11-14-23-22-7-2-3-8-24(22)26(25(23)16-20)19-6-4-5-18(15-19)17-9-12-21(13-10-17)31(27,28)29/h2-16H,1H3,(H2,27,28,29). The van der Waals surface area contributed by atoms with Gasteiger partial charge in [-0.25, -0.2) is 0 Å². The molecular weight excluding hydrogens is 409 g/mol. The summed E-state index contributed by atoms with van der Waals surface area (Å²) in [6, 6.07) is 28.9. The monoisotopic (exact) mass is 429 g/mol. The minimum Gasteiger partial charge on any atom is -0.497 e. The lowest BCUT2D eigenvalue weighted by Gasteiger charge is -2.11. The number of aromatic nitrogens is 1. The van der Waals surface area contributed by atoms with Crippen LogP contribution >= 0.6 is 7.60 Å². The van der Waals surface area contributed by atoms with Gasteiger partial charge in [-0.15, -0.1) is 0 Å². The van der Waals surface area contributed by atoms with E-state index < -0.39 is 7.60 Å². The summed E-state index contributed by atoms with van der Waals surface area (Å²) in [5.41, 5.74) is 4.99. The molecule has 5 rings (SSSR count). The molecular formula is C25H20NO4P. The number of fused-ring (bicyclic) bond motifs is 3. The lowest BCUT2D eigenvalue weighted by Crippen LogP contribution is -2.02. The van der Waals surface area contributed by atoms with Crippen LogP contribution in [0.3, 0.4) is 0 Å². The molecule has 154 valence electrons. The van der Waals surface area contributed by atoms with Crippen molar-refractivity contribution in [3.05, 3.63) is 91.0 Å². The zero-order valence-electron chi connectivity index (χ0n) is 16.8. The van der Waals surface area contributed by atoms with Gasteiger partial charge < -0.3 is 19.1 Å². The molecule has 2 N–H and O–H groups in total. The van der Waals surface area contributed by atoms with Crippen LogP contribution in [0.5, 0.6) is 5.75 Å². The highest BCUT2D eigenvalue weighted by Gasteiger charge is 2.17. The summed E-state index contributed by atoms with van der Waals surface area (Å²) in [5.74, 6) is 0.792. The predicted octanol–water partition coefficient (Wildman–Crippen LogP) is 5.26. The van der Waals surface area contributed by atoms with Gasteiger partial charge in [0.2, 0.25) is 0 Å². The molecule has 0 aliphatic heterocycles. The molecule has 5 aromatic rings. The summed E-state index contributed by atoms with van der Waals surface area (Å²) in [7, 11) is -2.59. The summed E-state index contributed by atoms with van der Waals surface area (Å²) in [4.78, 5) is 18.7. The van der Waals surface area contributed by atoms with Crippen LogP contribution in [0.25, 0.3) is 38.6 Å². The fraction of sp³-hybridized carbons (Fsp3) is 0.0400. The van der Waals surface area contributed by atoms with Crippen LogP contribution in [-0.2, 0) is 4.57 Å².